The van der Waals surface area contributed by atoms with Crippen LogP contribution >= 0.6 is 23.2 Å². The first-order chi connectivity index (χ1) is 9.02. The van der Waals surface area contributed by atoms with Gasteiger partial charge >= 0.3 is 5.97 Å². The van der Waals surface area contributed by atoms with Gasteiger partial charge in [-0.2, -0.15) is 0 Å². The average molecular weight is 298 g/mol. The molecule has 1 unspecified atom stereocenters. The lowest BCUT2D eigenvalue weighted by molar-refractivity contribution is 0.0697. The van der Waals surface area contributed by atoms with Crippen molar-refractivity contribution in [1.82, 2.24) is 4.98 Å². The molecule has 0 amide bonds. The van der Waals surface area contributed by atoms with E-state index in [0.29, 0.717) is 5.69 Å². The van der Waals surface area contributed by atoms with Crippen LogP contribution in [0, 0.1) is 0 Å². The Bertz CT molecular complexity index is 617. The van der Waals surface area contributed by atoms with Gasteiger partial charge in [-0.3, -0.25) is 4.98 Å². The highest BCUT2D eigenvalue weighted by Crippen LogP contribution is 2.35. The summed E-state index contributed by atoms with van der Waals surface area (Å²) in [5, 5.41) is 19.3. The summed E-state index contributed by atoms with van der Waals surface area (Å²) in [6.07, 6.45) is 0.335. The molecule has 1 atom stereocenters. The van der Waals surface area contributed by atoms with Crippen LogP contribution in [0.5, 0.6) is 0 Å². The molecule has 2 aromatic rings. The monoisotopic (exact) mass is 297 g/mol. The van der Waals surface area contributed by atoms with Crippen molar-refractivity contribution >= 4 is 29.2 Å². The summed E-state index contributed by atoms with van der Waals surface area (Å²) in [5.41, 5.74) is 0.367. The van der Waals surface area contributed by atoms with Gasteiger partial charge in [-0.25, -0.2) is 4.79 Å². The molecule has 2 rings (SSSR count). The van der Waals surface area contributed by atoms with E-state index in [1.165, 1.54) is 18.3 Å². The molecule has 2 N–H and O–H groups in total. The molecule has 98 valence electrons. The van der Waals surface area contributed by atoms with Crippen LogP contribution < -0.4 is 0 Å². The molecule has 4 nitrogen and oxygen atoms in total. The number of benzene rings is 1. The van der Waals surface area contributed by atoms with Gasteiger partial charge in [0, 0.05) is 16.8 Å². The molecule has 19 heavy (non-hydrogen) atoms. The van der Waals surface area contributed by atoms with Crippen molar-refractivity contribution in [2.24, 2.45) is 0 Å². The van der Waals surface area contributed by atoms with E-state index < -0.39 is 12.1 Å². The molecule has 0 aliphatic carbocycles. The van der Waals surface area contributed by atoms with E-state index in [2.05, 4.69) is 4.98 Å². The van der Waals surface area contributed by atoms with Crippen molar-refractivity contribution in [3.8, 4) is 0 Å². The van der Waals surface area contributed by atoms with E-state index in [1.807, 2.05) is 0 Å². The molecule has 0 fully saturated rings. The number of hydrogen-bond donors (Lipinski definition) is 2. The molecule has 0 aliphatic heterocycles. The molecule has 0 saturated carbocycles. The summed E-state index contributed by atoms with van der Waals surface area (Å²) in [7, 11) is 0. The second kappa shape index (κ2) is 5.57. The first-order valence-electron chi connectivity index (χ1n) is 5.32. The van der Waals surface area contributed by atoms with E-state index >= 15 is 0 Å². The molecule has 1 heterocycles. The topological polar surface area (TPSA) is 70.4 Å². The minimum atomic E-state index is -1.18. The molecular weight excluding hydrogens is 289 g/mol. The number of nitrogens with zero attached hydrogens (tertiary/aromatic N) is 1. The van der Waals surface area contributed by atoms with Crippen LogP contribution in [0.1, 0.15) is 27.7 Å². The first-order valence-corrected chi connectivity index (χ1v) is 6.08. The molecule has 0 radical (unpaired) electrons. The molecule has 1 aromatic heterocycles. The maximum absolute atomic E-state index is 11.0. The Morgan fingerprint density at radius 3 is 2.53 bits per heavy atom. The number of aromatic nitrogens is 1. The van der Waals surface area contributed by atoms with Gasteiger partial charge in [-0.05, 0) is 24.3 Å². The second-order valence-corrected chi connectivity index (χ2v) is 4.57. The van der Waals surface area contributed by atoms with Crippen LogP contribution in [0.4, 0.5) is 0 Å². The first kappa shape index (κ1) is 13.8. The molecule has 1 aromatic carbocycles. The number of pyridine rings is 1. The number of carbonyl (C=O) groups is 1. The van der Waals surface area contributed by atoms with Crippen molar-refractivity contribution in [3.63, 3.8) is 0 Å². The standard InChI is InChI=1S/C13H9Cl2NO3/c14-8-5-4-7(13(18)19)11(15)10(8)12(17)9-3-1-2-6-16-9/h1-6,12,17H,(H,18,19). The fraction of sp³-hybridized carbons (Fsp3) is 0.0769. The fourth-order valence-electron chi connectivity index (χ4n) is 1.67. The average Bonchev–Trinajstić information content (AvgIpc) is 2.39. The number of halogens is 2. The van der Waals surface area contributed by atoms with E-state index in [0.717, 1.165) is 0 Å². The fourth-order valence-corrected chi connectivity index (χ4v) is 2.33. The highest BCUT2D eigenvalue weighted by molar-refractivity contribution is 6.38. The molecule has 6 heteroatoms. The lowest BCUT2D eigenvalue weighted by atomic mass is 10.0. The van der Waals surface area contributed by atoms with Crippen LogP contribution in [-0.2, 0) is 0 Å². The van der Waals surface area contributed by atoms with Crippen molar-refractivity contribution in [1.29, 1.82) is 0 Å². The highest BCUT2D eigenvalue weighted by Gasteiger charge is 2.22. The largest absolute Gasteiger partial charge is 0.478 e. The second-order valence-electron chi connectivity index (χ2n) is 3.78. The predicted molar refractivity (Wildman–Crippen MR) is 71.7 cm³/mol. The maximum atomic E-state index is 11.0. The summed E-state index contributed by atoms with van der Waals surface area (Å²) in [5.74, 6) is -1.18. The lowest BCUT2D eigenvalue weighted by Gasteiger charge is -2.15. The summed E-state index contributed by atoms with van der Waals surface area (Å²) in [4.78, 5) is 15.0. The van der Waals surface area contributed by atoms with Gasteiger partial charge in [0.25, 0.3) is 0 Å². The molecule has 0 aliphatic rings. The van der Waals surface area contributed by atoms with Crippen LogP contribution in [0.15, 0.2) is 36.5 Å². The Morgan fingerprint density at radius 2 is 1.95 bits per heavy atom. The number of carboxylic acids is 1. The SMILES string of the molecule is O=C(O)c1ccc(Cl)c(C(O)c2ccccn2)c1Cl. The molecule has 0 bridgehead atoms. The van der Waals surface area contributed by atoms with Crippen LogP contribution in [0.2, 0.25) is 10.0 Å². The Morgan fingerprint density at radius 1 is 1.21 bits per heavy atom. The minimum Gasteiger partial charge on any atom is -0.478 e. The number of aromatic carboxylic acids is 1. The van der Waals surface area contributed by atoms with Crippen LogP contribution in [0.25, 0.3) is 0 Å². The summed E-state index contributed by atoms with van der Waals surface area (Å²) < 4.78 is 0. The van der Waals surface area contributed by atoms with Crippen LogP contribution in [-0.4, -0.2) is 21.2 Å². The maximum Gasteiger partial charge on any atom is 0.337 e. The predicted octanol–water partition coefficient (Wildman–Crippen LogP) is 3.17. The van der Waals surface area contributed by atoms with Gasteiger partial charge in [0.2, 0.25) is 0 Å². The van der Waals surface area contributed by atoms with E-state index in [-0.39, 0.29) is 21.2 Å². The number of aliphatic hydroxyl groups is 1. The summed E-state index contributed by atoms with van der Waals surface area (Å²) >= 11 is 12.0. The third kappa shape index (κ3) is 2.71. The Kier molecular flexibility index (Phi) is 4.04. The van der Waals surface area contributed by atoms with Crippen LogP contribution in [0.3, 0.4) is 0 Å². The number of carboxylic acid groups (broad SMARTS) is 1. The molecular formula is C13H9Cl2NO3. The van der Waals surface area contributed by atoms with Gasteiger partial charge in [-0.1, -0.05) is 29.3 Å². The van der Waals surface area contributed by atoms with Gasteiger partial charge < -0.3 is 10.2 Å². The van der Waals surface area contributed by atoms with Gasteiger partial charge in [0.05, 0.1) is 16.3 Å². The Labute approximate surface area is 119 Å². The number of aliphatic hydroxyl groups excluding tert-OH is 1. The van der Waals surface area contributed by atoms with Crippen molar-refractivity contribution in [3.05, 3.63) is 63.4 Å². The van der Waals surface area contributed by atoms with E-state index in [1.54, 1.807) is 18.2 Å². The van der Waals surface area contributed by atoms with Gasteiger partial charge in [0.1, 0.15) is 6.10 Å². The van der Waals surface area contributed by atoms with Crippen molar-refractivity contribution in [2.75, 3.05) is 0 Å². The zero-order chi connectivity index (χ0) is 14.0. The minimum absolute atomic E-state index is 0.0850. The molecule has 0 saturated heterocycles. The Balaban J connectivity index is 2.56. The number of rotatable bonds is 3. The third-order valence-corrected chi connectivity index (χ3v) is 3.34. The molecule has 0 spiro atoms. The van der Waals surface area contributed by atoms with Crippen molar-refractivity contribution < 1.29 is 15.0 Å². The normalized spacial score (nSPS) is 12.2. The zero-order valence-electron chi connectivity index (χ0n) is 9.55. The van der Waals surface area contributed by atoms with Crippen molar-refractivity contribution in [2.45, 2.75) is 6.10 Å². The third-order valence-electron chi connectivity index (χ3n) is 2.60. The lowest BCUT2D eigenvalue weighted by Crippen LogP contribution is -2.07. The number of hydrogen-bond acceptors (Lipinski definition) is 3. The Hall–Kier alpha value is -1.62. The highest BCUT2D eigenvalue weighted by atomic mass is 35.5. The van der Waals surface area contributed by atoms with E-state index in [4.69, 9.17) is 28.3 Å². The zero-order valence-corrected chi connectivity index (χ0v) is 11.1. The summed E-state index contributed by atoms with van der Waals surface area (Å²) in [6.45, 7) is 0. The quantitative estimate of drug-likeness (QED) is 0.913. The smallest absolute Gasteiger partial charge is 0.337 e. The van der Waals surface area contributed by atoms with E-state index in [9.17, 15) is 9.90 Å². The van der Waals surface area contributed by atoms with Gasteiger partial charge in [-0.15, -0.1) is 0 Å². The van der Waals surface area contributed by atoms with Gasteiger partial charge in [0.15, 0.2) is 0 Å². The summed E-state index contributed by atoms with van der Waals surface area (Å²) in [6, 6.07) is 7.69.